The Morgan fingerprint density at radius 2 is 0.500 bits per heavy atom. The SMILES string of the molecule is [F-].[F-].[Mg+2].[Mg+2]. The Kier molecular flexibility index (Phi) is 350. The minimum atomic E-state index is 0. The third-order valence-corrected chi connectivity index (χ3v) is 0. The fourth-order valence-corrected chi connectivity index (χ4v) is 0. The summed E-state index contributed by atoms with van der Waals surface area (Å²) < 4.78 is 0. The van der Waals surface area contributed by atoms with Crippen LogP contribution in [0.3, 0.4) is 0 Å². The van der Waals surface area contributed by atoms with Gasteiger partial charge in [0, 0.05) is 0 Å². The normalized spacial score (nSPS) is 0. The van der Waals surface area contributed by atoms with E-state index in [0.717, 1.165) is 0 Å². The van der Waals surface area contributed by atoms with Crippen molar-refractivity contribution in [3.63, 3.8) is 0 Å². The zero-order chi connectivity index (χ0) is 0. The second-order valence-corrected chi connectivity index (χ2v) is 0. The summed E-state index contributed by atoms with van der Waals surface area (Å²) in [6.45, 7) is 0. The standard InChI is InChI=1S/2FH.2Mg/h2*1H;;/q;;2*+2/p-2. The van der Waals surface area contributed by atoms with E-state index in [-0.39, 0.29) is 55.5 Å². The van der Waals surface area contributed by atoms with Gasteiger partial charge < -0.3 is 9.41 Å². The molecule has 0 nitrogen and oxygen atoms in total. The molecule has 0 aromatic carbocycles. The third-order valence-electron chi connectivity index (χ3n) is 0. The summed E-state index contributed by atoms with van der Waals surface area (Å²) in [7, 11) is 0. The Balaban J connectivity index is 0. The van der Waals surface area contributed by atoms with Crippen molar-refractivity contribution < 1.29 is 9.41 Å². The molecule has 4 heteroatoms. The van der Waals surface area contributed by atoms with E-state index < -0.39 is 0 Å². The molecule has 0 heterocycles. The Morgan fingerprint density at radius 3 is 0.500 bits per heavy atom. The van der Waals surface area contributed by atoms with Crippen molar-refractivity contribution in [3.05, 3.63) is 0 Å². The van der Waals surface area contributed by atoms with Crippen molar-refractivity contribution in [2.24, 2.45) is 0 Å². The van der Waals surface area contributed by atoms with E-state index in [1.54, 1.807) is 0 Å². The van der Waals surface area contributed by atoms with E-state index >= 15 is 0 Å². The fourth-order valence-electron chi connectivity index (χ4n) is 0. The summed E-state index contributed by atoms with van der Waals surface area (Å²) in [5, 5.41) is 0. The summed E-state index contributed by atoms with van der Waals surface area (Å²) in [6, 6.07) is 0. The van der Waals surface area contributed by atoms with E-state index in [4.69, 9.17) is 0 Å². The van der Waals surface area contributed by atoms with Crippen LogP contribution in [0.2, 0.25) is 0 Å². The molecule has 0 atom stereocenters. The molecule has 0 unspecified atom stereocenters. The van der Waals surface area contributed by atoms with Gasteiger partial charge >= 0.3 is 46.1 Å². The van der Waals surface area contributed by atoms with Gasteiger partial charge in [-0.2, -0.15) is 0 Å². The zero-order valence-electron chi connectivity index (χ0n) is 2.17. The molecule has 0 saturated heterocycles. The van der Waals surface area contributed by atoms with Crippen LogP contribution in [0.15, 0.2) is 0 Å². The monoisotopic (exact) mass is 86.0 g/mol. The van der Waals surface area contributed by atoms with Gasteiger partial charge in [-0.05, 0) is 0 Å². The van der Waals surface area contributed by atoms with Crippen LogP contribution in [-0.2, 0) is 0 Å². The van der Waals surface area contributed by atoms with Crippen LogP contribution in [-0.4, -0.2) is 46.1 Å². The molecule has 0 aliphatic rings. The zero-order valence-corrected chi connectivity index (χ0v) is 5.00. The number of hydrogen-bond donors (Lipinski definition) is 0. The van der Waals surface area contributed by atoms with E-state index in [2.05, 4.69) is 0 Å². The quantitative estimate of drug-likeness (QED) is 0.257. The van der Waals surface area contributed by atoms with Gasteiger partial charge in [0.25, 0.3) is 0 Å². The number of halogens is 2. The average Bonchev–Trinajstić information content (AvgIpc) is 0. The van der Waals surface area contributed by atoms with Crippen LogP contribution in [0.1, 0.15) is 0 Å². The maximum Gasteiger partial charge on any atom is 2.00 e. The van der Waals surface area contributed by atoms with Gasteiger partial charge in [-0.25, -0.2) is 0 Å². The molecule has 0 aromatic heterocycles. The summed E-state index contributed by atoms with van der Waals surface area (Å²) in [6.07, 6.45) is 0. The van der Waals surface area contributed by atoms with E-state index in [9.17, 15) is 0 Å². The van der Waals surface area contributed by atoms with Crippen LogP contribution in [0, 0.1) is 0 Å². The van der Waals surface area contributed by atoms with Crippen molar-refractivity contribution >= 4 is 46.1 Å². The number of hydrogen-bond acceptors (Lipinski definition) is 0. The maximum atomic E-state index is 0. The van der Waals surface area contributed by atoms with Crippen LogP contribution < -0.4 is 9.41 Å². The first-order chi connectivity index (χ1) is 0. The minimum Gasteiger partial charge on any atom is -1.00 e. The average molecular weight is 86.6 g/mol. The molecule has 0 fully saturated rings. The Labute approximate surface area is 55.4 Å². The molecule has 16 valence electrons. The summed E-state index contributed by atoms with van der Waals surface area (Å²) in [4.78, 5) is 0. The molecule has 0 bridgehead atoms. The summed E-state index contributed by atoms with van der Waals surface area (Å²) >= 11 is 0. The van der Waals surface area contributed by atoms with E-state index in [0.29, 0.717) is 0 Å². The molecule has 0 N–H and O–H groups in total. The minimum absolute atomic E-state index is 0. The van der Waals surface area contributed by atoms with E-state index in [1.807, 2.05) is 0 Å². The van der Waals surface area contributed by atoms with Crippen molar-refractivity contribution in [2.75, 3.05) is 0 Å². The molecule has 0 spiro atoms. The van der Waals surface area contributed by atoms with Gasteiger partial charge in [0.1, 0.15) is 0 Å². The second-order valence-electron chi connectivity index (χ2n) is 0. The molecule has 0 saturated carbocycles. The Bertz CT molecular complexity index is 4.00. The van der Waals surface area contributed by atoms with Crippen LogP contribution >= 0.6 is 0 Å². The molecule has 0 aromatic rings. The fraction of sp³-hybridized carbons (Fsp3) is 0. The predicted molar refractivity (Wildman–Crippen MR) is 11.5 cm³/mol. The van der Waals surface area contributed by atoms with Crippen molar-refractivity contribution in [3.8, 4) is 0 Å². The first kappa shape index (κ1) is 53.7. The molecule has 0 rings (SSSR count). The van der Waals surface area contributed by atoms with Crippen LogP contribution in [0.25, 0.3) is 0 Å². The Hall–Kier alpha value is 1.39. The predicted octanol–water partition coefficient (Wildman–Crippen LogP) is -6.75. The summed E-state index contributed by atoms with van der Waals surface area (Å²) in [5.41, 5.74) is 0. The van der Waals surface area contributed by atoms with Gasteiger partial charge in [0.2, 0.25) is 0 Å². The first-order valence-electron chi connectivity index (χ1n) is 0. The van der Waals surface area contributed by atoms with Gasteiger partial charge in [-0.15, -0.1) is 0 Å². The number of rotatable bonds is 0. The Morgan fingerprint density at radius 1 is 0.500 bits per heavy atom. The smallest absolute Gasteiger partial charge is 1.00 e. The molecule has 0 aliphatic heterocycles. The molecular formula is F2Mg2+2. The van der Waals surface area contributed by atoms with Crippen molar-refractivity contribution in [1.82, 2.24) is 0 Å². The molecule has 0 aliphatic carbocycles. The van der Waals surface area contributed by atoms with Crippen molar-refractivity contribution in [2.45, 2.75) is 0 Å². The topological polar surface area (TPSA) is 0 Å². The summed E-state index contributed by atoms with van der Waals surface area (Å²) in [5.74, 6) is 0. The second kappa shape index (κ2) is 26.1. The van der Waals surface area contributed by atoms with Crippen LogP contribution in [0.5, 0.6) is 0 Å². The molecular weight excluding hydrogens is 86.6 g/mol. The van der Waals surface area contributed by atoms with Gasteiger partial charge in [0.15, 0.2) is 0 Å². The maximum absolute atomic E-state index is 0. The molecule has 0 amide bonds. The molecule has 0 radical (unpaired) electrons. The van der Waals surface area contributed by atoms with Gasteiger partial charge in [-0.3, -0.25) is 0 Å². The van der Waals surface area contributed by atoms with Gasteiger partial charge in [0.05, 0.1) is 0 Å². The third kappa shape index (κ3) is 10.0. The van der Waals surface area contributed by atoms with Crippen molar-refractivity contribution in [1.29, 1.82) is 0 Å². The van der Waals surface area contributed by atoms with E-state index in [1.165, 1.54) is 0 Å². The largest absolute Gasteiger partial charge is 2.00 e. The van der Waals surface area contributed by atoms with Gasteiger partial charge in [-0.1, -0.05) is 0 Å². The molecule has 4 heavy (non-hydrogen) atoms. The van der Waals surface area contributed by atoms with Crippen LogP contribution in [0.4, 0.5) is 0 Å². The first-order valence-corrected chi connectivity index (χ1v) is 0.